The zero-order chi connectivity index (χ0) is 21.1. The third-order valence-electron chi connectivity index (χ3n) is 5.09. The molecule has 1 aliphatic rings. The summed E-state index contributed by atoms with van der Waals surface area (Å²) in [5.74, 6) is 0.510. The average Bonchev–Trinajstić information content (AvgIpc) is 3.38. The van der Waals surface area contributed by atoms with Crippen LogP contribution in [0.25, 0.3) is 0 Å². The molecule has 0 spiro atoms. The maximum absolute atomic E-state index is 13.0. The number of phenols is 1. The van der Waals surface area contributed by atoms with Crippen LogP contribution in [0.5, 0.6) is 5.75 Å². The van der Waals surface area contributed by atoms with Gasteiger partial charge in [-0.25, -0.2) is 4.98 Å². The first-order valence-corrected chi connectivity index (χ1v) is 10.6. The number of hydrogen-bond acceptors (Lipinski definition) is 7. The van der Waals surface area contributed by atoms with Gasteiger partial charge in [-0.3, -0.25) is 4.79 Å². The highest BCUT2D eigenvalue weighted by Gasteiger charge is 2.30. The van der Waals surface area contributed by atoms with E-state index in [1.54, 1.807) is 30.3 Å². The van der Waals surface area contributed by atoms with Crippen LogP contribution in [-0.2, 0) is 4.74 Å². The van der Waals surface area contributed by atoms with Crippen molar-refractivity contribution in [1.29, 1.82) is 0 Å². The second-order valence-electron chi connectivity index (χ2n) is 7.45. The number of nitrogen functional groups attached to an aromatic ring is 1. The molecule has 0 saturated carbocycles. The van der Waals surface area contributed by atoms with E-state index in [1.165, 1.54) is 11.3 Å². The number of anilines is 2. The molecule has 3 heterocycles. The molecular formula is C22H24N4O3S. The molecule has 8 heteroatoms. The summed E-state index contributed by atoms with van der Waals surface area (Å²) in [4.78, 5) is 18.3. The molecule has 2 unspecified atom stereocenters. The predicted octanol–water partition coefficient (Wildman–Crippen LogP) is 3.89. The number of ether oxygens (including phenoxy) is 1. The van der Waals surface area contributed by atoms with Crippen LogP contribution in [0.4, 0.5) is 11.6 Å². The minimum absolute atomic E-state index is 0.139. The summed E-state index contributed by atoms with van der Waals surface area (Å²) < 4.78 is 5.72. The Hall–Kier alpha value is -3.10. The van der Waals surface area contributed by atoms with Crippen LogP contribution >= 0.6 is 11.3 Å². The van der Waals surface area contributed by atoms with Crippen LogP contribution in [0.2, 0.25) is 0 Å². The van der Waals surface area contributed by atoms with E-state index in [9.17, 15) is 9.90 Å². The largest absolute Gasteiger partial charge is 0.508 e. The highest BCUT2D eigenvalue weighted by atomic mass is 32.1. The number of nitrogens with zero attached hydrogens (tertiary/aromatic N) is 1. The number of aromatic hydroxyl groups is 1. The van der Waals surface area contributed by atoms with Gasteiger partial charge in [0.15, 0.2) is 0 Å². The van der Waals surface area contributed by atoms with Gasteiger partial charge in [0, 0.05) is 11.5 Å². The van der Waals surface area contributed by atoms with Crippen molar-refractivity contribution in [3.63, 3.8) is 0 Å². The van der Waals surface area contributed by atoms with E-state index in [1.807, 2.05) is 30.5 Å². The molecule has 1 fully saturated rings. The number of carbonyl (C=O) groups excluding carboxylic acids is 1. The smallest absolute Gasteiger partial charge is 0.255 e. The summed E-state index contributed by atoms with van der Waals surface area (Å²) in [6, 6.07) is 13.7. The van der Waals surface area contributed by atoms with Crippen molar-refractivity contribution in [2.45, 2.75) is 31.5 Å². The van der Waals surface area contributed by atoms with Gasteiger partial charge in [-0.1, -0.05) is 18.2 Å². The Bertz CT molecular complexity index is 1030. The Morgan fingerprint density at radius 1 is 1.30 bits per heavy atom. The quantitative estimate of drug-likeness (QED) is 0.478. The fourth-order valence-corrected chi connectivity index (χ4v) is 4.38. The van der Waals surface area contributed by atoms with Gasteiger partial charge < -0.3 is 26.2 Å². The van der Waals surface area contributed by atoms with E-state index in [2.05, 4.69) is 15.6 Å². The van der Waals surface area contributed by atoms with Crippen LogP contribution in [0.1, 0.15) is 46.6 Å². The van der Waals surface area contributed by atoms with Crippen molar-refractivity contribution in [2.24, 2.45) is 0 Å². The molecule has 0 bridgehead atoms. The molecule has 1 saturated heterocycles. The van der Waals surface area contributed by atoms with E-state index in [0.29, 0.717) is 18.0 Å². The first-order valence-electron chi connectivity index (χ1n) is 9.75. The van der Waals surface area contributed by atoms with E-state index < -0.39 is 11.8 Å². The maximum atomic E-state index is 13.0. The molecule has 1 aliphatic heterocycles. The molecule has 30 heavy (non-hydrogen) atoms. The minimum atomic E-state index is -0.469. The zero-order valence-corrected chi connectivity index (χ0v) is 17.4. The maximum Gasteiger partial charge on any atom is 0.255 e. The molecule has 7 nitrogen and oxygen atoms in total. The fourth-order valence-electron chi connectivity index (χ4n) is 3.57. The molecule has 156 valence electrons. The molecule has 0 radical (unpaired) electrons. The van der Waals surface area contributed by atoms with E-state index in [0.717, 1.165) is 23.3 Å². The van der Waals surface area contributed by atoms with E-state index in [-0.39, 0.29) is 17.5 Å². The van der Waals surface area contributed by atoms with Crippen LogP contribution in [0.15, 0.2) is 53.9 Å². The number of benzene rings is 1. The molecule has 4 rings (SSSR count). The Morgan fingerprint density at radius 3 is 2.83 bits per heavy atom. The molecule has 1 aromatic carbocycles. The summed E-state index contributed by atoms with van der Waals surface area (Å²) in [6.07, 6.45) is 1.86. The third-order valence-corrected chi connectivity index (χ3v) is 6.02. The second-order valence-corrected chi connectivity index (χ2v) is 8.43. The van der Waals surface area contributed by atoms with Crippen molar-refractivity contribution < 1.29 is 14.6 Å². The number of amides is 1. The lowest BCUT2D eigenvalue weighted by Crippen LogP contribution is -2.34. The van der Waals surface area contributed by atoms with Gasteiger partial charge in [0.1, 0.15) is 23.1 Å². The Kier molecular flexibility index (Phi) is 5.61. The number of thiophene rings is 1. The van der Waals surface area contributed by atoms with E-state index >= 15 is 0 Å². The lowest BCUT2D eigenvalue weighted by molar-refractivity contribution is 0.0443. The summed E-state index contributed by atoms with van der Waals surface area (Å²) in [6.45, 7) is 2.68. The van der Waals surface area contributed by atoms with Crippen molar-refractivity contribution in [1.82, 2.24) is 10.3 Å². The number of hydrogen-bond donors (Lipinski definition) is 4. The number of aromatic nitrogens is 1. The number of carbonyl (C=O) groups is 1. The van der Waals surface area contributed by atoms with Gasteiger partial charge in [-0.15, -0.1) is 11.3 Å². The topological polar surface area (TPSA) is 110 Å². The molecular weight excluding hydrogens is 400 g/mol. The standard InChI is InChI=1S/C22H24N4O3S/c1-22(10-4-11-29-22)26-18-9-8-16(20(23)24-18)21(28)25-19(17-7-3-12-30-17)14-5-2-6-15(27)13-14/h2-3,5-9,12-13,19,27H,4,10-11H2,1H3,(H,25,28)(H3,23,24,26). The summed E-state index contributed by atoms with van der Waals surface area (Å²) >= 11 is 1.53. The van der Waals surface area contributed by atoms with Gasteiger partial charge in [0.2, 0.25) is 0 Å². The third kappa shape index (κ3) is 4.39. The normalized spacial score (nSPS) is 19.4. The second kappa shape index (κ2) is 8.33. The molecule has 3 aromatic rings. The summed E-state index contributed by atoms with van der Waals surface area (Å²) in [5.41, 5.74) is 6.71. The number of nitrogens with one attached hydrogen (secondary N) is 2. The van der Waals surface area contributed by atoms with Gasteiger partial charge in [0.05, 0.1) is 11.6 Å². The lowest BCUT2D eigenvalue weighted by Gasteiger charge is -2.25. The molecule has 2 aromatic heterocycles. The predicted molar refractivity (Wildman–Crippen MR) is 118 cm³/mol. The van der Waals surface area contributed by atoms with Gasteiger partial charge in [-0.2, -0.15) is 0 Å². The van der Waals surface area contributed by atoms with Crippen molar-refractivity contribution in [3.05, 3.63) is 69.9 Å². The first-order chi connectivity index (χ1) is 14.4. The monoisotopic (exact) mass is 424 g/mol. The van der Waals surface area contributed by atoms with Crippen molar-refractivity contribution in [2.75, 3.05) is 17.7 Å². The Labute approximate surface area is 178 Å². The first kappa shape index (κ1) is 20.2. The number of rotatable bonds is 6. The van der Waals surface area contributed by atoms with E-state index in [4.69, 9.17) is 10.5 Å². The SMILES string of the molecule is CC1(Nc2ccc(C(=O)NC(c3cccc(O)c3)c3cccs3)c(N)n2)CCCO1. The fraction of sp³-hybridized carbons (Fsp3) is 0.273. The number of nitrogens with two attached hydrogens (primary N) is 1. The zero-order valence-electron chi connectivity index (χ0n) is 16.6. The minimum Gasteiger partial charge on any atom is -0.508 e. The molecule has 2 atom stereocenters. The molecule has 1 amide bonds. The Morgan fingerprint density at radius 2 is 2.17 bits per heavy atom. The van der Waals surface area contributed by atoms with Gasteiger partial charge in [-0.05, 0) is 61.0 Å². The van der Waals surface area contributed by atoms with Crippen molar-refractivity contribution in [3.8, 4) is 5.75 Å². The molecule has 5 N–H and O–H groups in total. The number of phenolic OH excluding ortho intramolecular Hbond substituents is 1. The van der Waals surface area contributed by atoms with Crippen LogP contribution < -0.4 is 16.4 Å². The number of pyridine rings is 1. The van der Waals surface area contributed by atoms with Crippen LogP contribution in [0, 0.1) is 0 Å². The van der Waals surface area contributed by atoms with Gasteiger partial charge >= 0.3 is 0 Å². The van der Waals surface area contributed by atoms with Crippen molar-refractivity contribution >= 4 is 28.9 Å². The summed E-state index contributed by atoms with van der Waals surface area (Å²) in [7, 11) is 0. The average molecular weight is 425 g/mol. The molecule has 0 aliphatic carbocycles. The lowest BCUT2D eigenvalue weighted by atomic mass is 10.0. The highest BCUT2D eigenvalue weighted by molar-refractivity contribution is 7.10. The van der Waals surface area contributed by atoms with Crippen LogP contribution in [0.3, 0.4) is 0 Å². The van der Waals surface area contributed by atoms with Crippen LogP contribution in [-0.4, -0.2) is 28.3 Å². The Balaban J connectivity index is 1.55. The highest BCUT2D eigenvalue weighted by Crippen LogP contribution is 2.30. The summed E-state index contributed by atoms with van der Waals surface area (Å²) in [5, 5.41) is 18.1. The van der Waals surface area contributed by atoms with Gasteiger partial charge in [0.25, 0.3) is 5.91 Å².